The number of carbonyl (C=O) groups excluding carboxylic acids is 2. The van der Waals surface area contributed by atoms with E-state index in [1.165, 1.54) is 0 Å². The number of piperidine rings is 1. The molecule has 0 radical (unpaired) electrons. The lowest BCUT2D eigenvalue weighted by atomic mass is 10.0. The molecule has 6 nitrogen and oxygen atoms in total. The topological polar surface area (TPSA) is 88.3 Å². The Morgan fingerprint density at radius 2 is 2.04 bits per heavy atom. The Bertz CT molecular complexity index is 816. The van der Waals surface area contributed by atoms with E-state index < -0.39 is 0 Å². The van der Waals surface area contributed by atoms with E-state index in [1.807, 2.05) is 30.0 Å². The minimum absolute atomic E-state index is 0.0890. The Labute approximate surface area is 151 Å². The van der Waals surface area contributed by atoms with Crippen LogP contribution in [-0.4, -0.2) is 47.4 Å². The van der Waals surface area contributed by atoms with Gasteiger partial charge in [-0.3, -0.25) is 19.5 Å². The maximum Gasteiger partial charge on any atom is 0.253 e. The van der Waals surface area contributed by atoms with E-state index in [1.54, 1.807) is 6.07 Å². The van der Waals surface area contributed by atoms with Crippen molar-refractivity contribution in [1.82, 2.24) is 15.2 Å². The highest BCUT2D eigenvalue weighted by molar-refractivity contribution is 6.31. The van der Waals surface area contributed by atoms with E-state index >= 15 is 0 Å². The summed E-state index contributed by atoms with van der Waals surface area (Å²) in [6.07, 6.45) is 1.59. The number of halogens is 1. The van der Waals surface area contributed by atoms with E-state index in [2.05, 4.69) is 10.3 Å². The molecule has 0 saturated carbocycles. The predicted octanol–water partition coefficient (Wildman–Crippen LogP) is 1.88. The SMILES string of the molecule is Cc1nc2ccc(Cl)cc2cc1C(=O)NC1CCN(CC(N)=O)CC1. The number of aromatic nitrogens is 1. The number of aryl methyl sites for hydroxylation is 1. The van der Waals surface area contributed by atoms with Crippen LogP contribution in [0.5, 0.6) is 0 Å². The first-order chi connectivity index (χ1) is 11.9. The first-order valence-corrected chi connectivity index (χ1v) is 8.68. The number of nitrogens with two attached hydrogens (primary N) is 1. The number of fused-ring (bicyclic) bond motifs is 1. The number of nitrogens with one attached hydrogen (secondary N) is 1. The van der Waals surface area contributed by atoms with E-state index in [9.17, 15) is 9.59 Å². The maximum absolute atomic E-state index is 12.6. The highest BCUT2D eigenvalue weighted by Gasteiger charge is 2.22. The maximum atomic E-state index is 12.6. The van der Waals surface area contributed by atoms with Crippen molar-refractivity contribution in [2.75, 3.05) is 19.6 Å². The molecule has 0 aliphatic carbocycles. The van der Waals surface area contributed by atoms with Crippen molar-refractivity contribution in [3.05, 3.63) is 40.5 Å². The Kier molecular flexibility index (Phi) is 5.20. The molecular weight excluding hydrogens is 340 g/mol. The summed E-state index contributed by atoms with van der Waals surface area (Å²) in [5, 5.41) is 4.54. The smallest absolute Gasteiger partial charge is 0.253 e. The quantitative estimate of drug-likeness (QED) is 0.871. The van der Waals surface area contributed by atoms with Gasteiger partial charge in [-0.2, -0.15) is 0 Å². The molecule has 2 amide bonds. The van der Waals surface area contributed by atoms with Crippen LogP contribution in [0.1, 0.15) is 28.9 Å². The second-order valence-electron chi connectivity index (χ2n) is 6.45. The minimum atomic E-state index is -0.320. The van der Waals surface area contributed by atoms with Crippen molar-refractivity contribution in [2.45, 2.75) is 25.8 Å². The van der Waals surface area contributed by atoms with Crippen LogP contribution in [-0.2, 0) is 4.79 Å². The third-order valence-electron chi connectivity index (χ3n) is 4.51. The molecule has 2 heterocycles. The van der Waals surface area contributed by atoms with Crippen LogP contribution in [0.4, 0.5) is 0 Å². The molecule has 1 aromatic carbocycles. The number of carbonyl (C=O) groups is 2. The monoisotopic (exact) mass is 360 g/mol. The van der Waals surface area contributed by atoms with Crippen molar-refractivity contribution in [2.24, 2.45) is 5.73 Å². The average molecular weight is 361 g/mol. The largest absolute Gasteiger partial charge is 0.369 e. The van der Waals surface area contributed by atoms with Crippen LogP contribution in [0.15, 0.2) is 24.3 Å². The van der Waals surface area contributed by atoms with Gasteiger partial charge in [0.25, 0.3) is 5.91 Å². The standard InChI is InChI=1S/C18H21ClN4O2/c1-11-15(9-12-8-13(19)2-3-16(12)21-11)18(25)22-14-4-6-23(7-5-14)10-17(20)24/h2-3,8-9,14H,4-7,10H2,1H3,(H2,20,24)(H,22,25). The van der Waals surface area contributed by atoms with Gasteiger partial charge in [0, 0.05) is 29.5 Å². The Morgan fingerprint density at radius 3 is 2.72 bits per heavy atom. The van der Waals surface area contributed by atoms with E-state index in [0.717, 1.165) is 36.8 Å². The molecule has 25 heavy (non-hydrogen) atoms. The Morgan fingerprint density at radius 1 is 1.32 bits per heavy atom. The molecular formula is C18H21ClN4O2. The number of likely N-dealkylation sites (tertiary alicyclic amines) is 1. The fourth-order valence-corrected chi connectivity index (χ4v) is 3.37. The van der Waals surface area contributed by atoms with Crippen molar-refractivity contribution in [1.29, 1.82) is 0 Å². The molecule has 7 heteroatoms. The average Bonchev–Trinajstić information content (AvgIpc) is 2.56. The molecule has 132 valence electrons. The number of nitrogens with zero attached hydrogens (tertiary/aromatic N) is 2. The molecule has 1 saturated heterocycles. The molecule has 3 N–H and O–H groups in total. The van der Waals surface area contributed by atoms with Crippen LogP contribution in [0.3, 0.4) is 0 Å². The zero-order valence-corrected chi connectivity index (χ0v) is 14.8. The van der Waals surface area contributed by atoms with Gasteiger partial charge in [-0.1, -0.05) is 11.6 Å². The van der Waals surface area contributed by atoms with Crippen molar-refractivity contribution in [3.63, 3.8) is 0 Å². The second kappa shape index (κ2) is 7.37. The summed E-state index contributed by atoms with van der Waals surface area (Å²) in [6.45, 7) is 3.60. The van der Waals surface area contributed by atoms with Crippen molar-refractivity contribution >= 4 is 34.3 Å². The molecule has 1 fully saturated rings. The third-order valence-corrected chi connectivity index (χ3v) is 4.75. The van der Waals surface area contributed by atoms with Gasteiger partial charge in [-0.05, 0) is 44.0 Å². The number of rotatable bonds is 4. The lowest BCUT2D eigenvalue weighted by Gasteiger charge is -2.31. The summed E-state index contributed by atoms with van der Waals surface area (Å²) >= 11 is 6.03. The highest BCUT2D eigenvalue weighted by Crippen LogP contribution is 2.21. The molecule has 0 bridgehead atoms. The van der Waals surface area contributed by atoms with Gasteiger partial charge in [-0.15, -0.1) is 0 Å². The fraction of sp³-hybridized carbons (Fsp3) is 0.389. The van der Waals surface area contributed by atoms with E-state index in [-0.39, 0.29) is 24.4 Å². The first-order valence-electron chi connectivity index (χ1n) is 8.31. The predicted molar refractivity (Wildman–Crippen MR) is 97.6 cm³/mol. The molecule has 1 aliphatic heterocycles. The molecule has 1 aromatic heterocycles. The lowest BCUT2D eigenvalue weighted by molar-refractivity contribution is -0.119. The summed E-state index contributed by atoms with van der Waals surface area (Å²) in [5.74, 6) is -0.445. The van der Waals surface area contributed by atoms with Crippen LogP contribution in [0.25, 0.3) is 10.9 Å². The van der Waals surface area contributed by atoms with Gasteiger partial charge in [-0.25, -0.2) is 0 Å². The number of hydrogen-bond acceptors (Lipinski definition) is 4. The molecule has 0 atom stereocenters. The van der Waals surface area contributed by atoms with Gasteiger partial charge in [0.1, 0.15) is 0 Å². The number of hydrogen-bond donors (Lipinski definition) is 2. The summed E-state index contributed by atoms with van der Waals surface area (Å²) in [7, 11) is 0. The van der Waals surface area contributed by atoms with Crippen molar-refractivity contribution < 1.29 is 9.59 Å². The highest BCUT2D eigenvalue weighted by atomic mass is 35.5. The third kappa shape index (κ3) is 4.27. The Balaban J connectivity index is 1.68. The summed E-state index contributed by atoms with van der Waals surface area (Å²) in [4.78, 5) is 30.1. The van der Waals surface area contributed by atoms with Gasteiger partial charge in [0.15, 0.2) is 0 Å². The summed E-state index contributed by atoms with van der Waals surface area (Å²) < 4.78 is 0. The summed E-state index contributed by atoms with van der Waals surface area (Å²) in [5.41, 5.74) is 7.30. The number of primary amides is 1. The zero-order chi connectivity index (χ0) is 18.0. The summed E-state index contributed by atoms with van der Waals surface area (Å²) in [6, 6.07) is 7.37. The minimum Gasteiger partial charge on any atom is -0.369 e. The number of pyridine rings is 1. The normalized spacial score (nSPS) is 16.1. The van der Waals surface area contributed by atoms with Crippen LogP contribution < -0.4 is 11.1 Å². The number of benzene rings is 1. The number of amides is 2. The molecule has 0 unspecified atom stereocenters. The first kappa shape index (κ1) is 17.6. The molecule has 0 spiro atoms. The van der Waals surface area contributed by atoms with Crippen LogP contribution >= 0.6 is 11.6 Å². The molecule has 2 aromatic rings. The van der Waals surface area contributed by atoms with Crippen molar-refractivity contribution in [3.8, 4) is 0 Å². The van der Waals surface area contributed by atoms with Crippen LogP contribution in [0, 0.1) is 6.92 Å². The molecule has 1 aliphatic rings. The van der Waals surface area contributed by atoms with E-state index in [0.29, 0.717) is 16.3 Å². The zero-order valence-electron chi connectivity index (χ0n) is 14.1. The second-order valence-corrected chi connectivity index (χ2v) is 6.88. The van der Waals surface area contributed by atoms with Gasteiger partial charge >= 0.3 is 0 Å². The fourth-order valence-electron chi connectivity index (χ4n) is 3.19. The van der Waals surface area contributed by atoms with Gasteiger partial charge in [0.2, 0.25) is 5.91 Å². The van der Waals surface area contributed by atoms with Gasteiger partial charge in [0.05, 0.1) is 23.3 Å². The lowest BCUT2D eigenvalue weighted by Crippen LogP contribution is -2.46. The Hall–Kier alpha value is -2.18. The molecule has 3 rings (SSSR count). The van der Waals surface area contributed by atoms with E-state index in [4.69, 9.17) is 17.3 Å². The van der Waals surface area contributed by atoms with Gasteiger partial charge < -0.3 is 11.1 Å². The van der Waals surface area contributed by atoms with Crippen LogP contribution in [0.2, 0.25) is 5.02 Å².